The van der Waals surface area contributed by atoms with Gasteiger partial charge in [-0.2, -0.15) is 23.3 Å². The summed E-state index contributed by atoms with van der Waals surface area (Å²) in [6, 6.07) is 6.32. The van der Waals surface area contributed by atoms with E-state index in [1.54, 1.807) is 31.3 Å². The quantitative estimate of drug-likeness (QED) is 0.333. The molecule has 0 aliphatic heterocycles. The van der Waals surface area contributed by atoms with Gasteiger partial charge in [-0.15, -0.1) is 0 Å². The number of halogens is 5. The second kappa shape index (κ2) is 8.95. The molecule has 5 rings (SSSR count). The van der Waals surface area contributed by atoms with Crippen LogP contribution in [0.5, 0.6) is 0 Å². The minimum Gasteiger partial charge on any atom is -0.351 e. The molecule has 0 bridgehead atoms. The van der Waals surface area contributed by atoms with Gasteiger partial charge in [-0.05, 0) is 47.3 Å². The molecule has 1 saturated carbocycles. The number of pyridine rings is 1. The molecular weight excluding hydrogens is 546 g/mol. The normalized spacial score (nSPS) is 20.2. The standard InChI is InChI=1S/C23H20BrF4N7O/c1-22(20(36)31-11-23(26,27)28)5-4-13(9-22)32-21-30-10-15-18(24)34-35(19(15)33-21)14-7-12-3-2-6-29-17(12)16(25)8-14/h2-3,6-8,10,13H,4-5,9,11H2,1H3,(H,31,36)(H,30,32,33)/t13-,22?/m1/s1. The number of nitrogens with one attached hydrogen (secondary N) is 2. The molecule has 0 radical (unpaired) electrons. The maximum Gasteiger partial charge on any atom is 0.405 e. The van der Waals surface area contributed by atoms with Gasteiger partial charge in [0.15, 0.2) is 11.5 Å². The largest absolute Gasteiger partial charge is 0.405 e. The van der Waals surface area contributed by atoms with E-state index in [1.165, 1.54) is 16.9 Å². The average molecular weight is 566 g/mol. The first-order valence-electron chi connectivity index (χ1n) is 11.1. The Morgan fingerprint density at radius 1 is 1.31 bits per heavy atom. The molecule has 8 nitrogen and oxygen atoms in total. The molecule has 0 spiro atoms. The molecule has 2 atom stereocenters. The van der Waals surface area contributed by atoms with Crippen LogP contribution in [0, 0.1) is 11.2 Å². The molecule has 0 saturated heterocycles. The zero-order valence-corrected chi connectivity index (χ0v) is 20.5. The fraction of sp³-hybridized carbons (Fsp3) is 0.348. The summed E-state index contributed by atoms with van der Waals surface area (Å²) in [4.78, 5) is 25.4. The maximum atomic E-state index is 14.7. The van der Waals surface area contributed by atoms with Crippen LogP contribution in [0.1, 0.15) is 26.2 Å². The smallest absolute Gasteiger partial charge is 0.351 e. The summed E-state index contributed by atoms with van der Waals surface area (Å²) in [5.41, 5.74) is 0.181. The van der Waals surface area contributed by atoms with Crippen molar-refractivity contribution in [3.63, 3.8) is 0 Å². The Bertz CT molecular complexity index is 1470. The lowest BCUT2D eigenvalue weighted by molar-refractivity contribution is -0.144. The summed E-state index contributed by atoms with van der Waals surface area (Å²) < 4.78 is 54.2. The number of anilines is 1. The zero-order chi connectivity index (χ0) is 25.7. The van der Waals surface area contributed by atoms with Crippen molar-refractivity contribution in [2.45, 2.75) is 38.4 Å². The Kier molecular flexibility index (Phi) is 6.05. The van der Waals surface area contributed by atoms with Crippen molar-refractivity contribution in [3.05, 3.63) is 47.1 Å². The van der Waals surface area contributed by atoms with Crippen molar-refractivity contribution in [1.29, 1.82) is 0 Å². The first-order valence-corrected chi connectivity index (χ1v) is 11.9. The third-order valence-corrected chi connectivity index (χ3v) is 6.93. The van der Waals surface area contributed by atoms with Gasteiger partial charge in [-0.3, -0.25) is 9.78 Å². The number of carbonyl (C=O) groups is 1. The van der Waals surface area contributed by atoms with Gasteiger partial charge in [-0.25, -0.2) is 14.1 Å². The van der Waals surface area contributed by atoms with E-state index in [0.717, 1.165) is 0 Å². The fourth-order valence-corrected chi connectivity index (χ4v) is 4.96. The summed E-state index contributed by atoms with van der Waals surface area (Å²) in [6.45, 7) is 0.295. The van der Waals surface area contributed by atoms with E-state index in [9.17, 15) is 22.4 Å². The van der Waals surface area contributed by atoms with E-state index < -0.39 is 29.9 Å². The van der Waals surface area contributed by atoms with Gasteiger partial charge < -0.3 is 10.6 Å². The van der Waals surface area contributed by atoms with E-state index in [2.05, 4.69) is 41.3 Å². The molecule has 4 aromatic rings. The SMILES string of the molecule is CC1(C(=O)NCC(F)(F)F)CC[C@@H](Nc2ncc3c(Br)nn(-c4cc(F)c5ncccc5c4)c3n2)C1. The van der Waals surface area contributed by atoms with Crippen molar-refractivity contribution in [2.24, 2.45) is 5.41 Å². The second-order valence-corrected chi connectivity index (χ2v) is 9.83. The van der Waals surface area contributed by atoms with Gasteiger partial charge in [0, 0.05) is 35.3 Å². The number of rotatable bonds is 5. The van der Waals surface area contributed by atoms with Gasteiger partial charge in [0.2, 0.25) is 11.9 Å². The highest BCUT2D eigenvalue weighted by atomic mass is 79.9. The van der Waals surface area contributed by atoms with Crippen LogP contribution < -0.4 is 10.6 Å². The number of amides is 1. The number of benzene rings is 1. The van der Waals surface area contributed by atoms with E-state index in [0.29, 0.717) is 46.0 Å². The fourth-order valence-electron chi connectivity index (χ4n) is 4.52. The molecule has 1 aliphatic carbocycles. The Hall–Kier alpha value is -3.35. The van der Waals surface area contributed by atoms with Gasteiger partial charge in [0.1, 0.15) is 16.7 Å². The number of hydrogen-bond acceptors (Lipinski definition) is 6. The summed E-state index contributed by atoms with van der Waals surface area (Å²) >= 11 is 3.39. The Balaban J connectivity index is 1.39. The van der Waals surface area contributed by atoms with Crippen LogP contribution in [0.2, 0.25) is 0 Å². The predicted octanol–water partition coefficient (Wildman–Crippen LogP) is 4.91. The van der Waals surface area contributed by atoms with Gasteiger partial charge in [0.25, 0.3) is 0 Å². The number of fused-ring (bicyclic) bond motifs is 2. The number of alkyl halides is 3. The summed E-state index contributed by atoms with van der Waals surface area (Å²) in [7, 11) is 0. The van der Waals surface area contributed by atoms with Crippen LogP contribution in [0.15, 0.2) is 41.3 Å². The summed E-state index contributed by atoms with van der Waals surface area (Å²) in [6.07, 6.45) is -0.0731. The predicted molar refractivity (Wildman–Crippen MR) is 128 cm³/mol. The third-order valence-electron chi connectivity index (χ3n) is 6.34. The lowest BCUT2D eigenvalue weighted by atomic mass is 9.87. The Morgan fingerprint density at radius 3 is 2.89 bits per heavy atom. The minimum absolute atomic E-state index is 0.215. The van der Waals surface area contributed by atoms with Crippen molar-refractivity contribution in [3.8, 4) is 5.69 Å². The molecular formula is C23H20BrF4N7O. The molecule has 36 heavy (non-hydrogen) atoms. The number of carbonyl (C=O) groups excluding carboxylic acids is 1. The highest BCUT2D eigenvalue weighted by Gasteiger charge is 2.42. The summed E-state index contributed by atoms with van der Waals surface area (Å²) in [5, 5.41) is 10.8. The molecule has 1 unspecified atom stereocenters. The molecule has 2 N–H and O–H groups in total. The lowest BCUT2D eigenvalue weighted by Crippen LogP contribution is -2.42. The summed E-state index contributed by atoms with van der Waals surface area (Å²) in [5.74, 6) is -0.858. The van der Waals surface area contributed by atoms with Crippen LogP contribution in [-0.2, 0) is 4.79 Å². The molecule has 1 aromatic carbocycles. The number of aromatic nitrogens is 5. The average Bonchev–Trinajstić information content (AvgIpc) is 3.37. The van der Waals surface area contributed by atoms with E-state index in [1.807, 2.05) is 5.32 Å². The van der Waals surface area contributed by atoms with Crippen molar-refractivity contribution >= 4 is 49.7 Å². The second-order valence-electron chi connectivity index (χ2n) is 9.08. The van der Waals surface area contributed by atoms with Crippen LogP contribution in [0.4, 0.5) is 23.5 Å². The third kappa shape index (κ3) is 4.71. The molecule has 3 aromatic heterocycles. The van der Waals surface area contributed by atoms with E-state index in [-0.39, 0.29) is 17.5 Å². The van der Waals surface area contributed by atoms with Crippen LogP contribution in [0.3, 0.4) is 0 Å². The van der Waals surface area contributed by atoms with Crippen LogP contribution in [-0.4, -0.2) is 49.4 Å². The molecule has 3 heterocycles. The zero-order valence-electron chi connectivity index (χ0n) is 18.9. The van der Waals surface area contributed by atoms with E-state index in [4.69, 9.17) is 0 Å². The molecule has 13 heteroatoms. The van der Waals surface area contributed by atoms with Gasteiger partial charge >= 0.3 is 6.18 Å². The molecule has 1 aliphatic rings. The first kappa shape index (κ1) is 24.3. The first-order chi connectivity index (χ1) is 17.0. The highest BCUT2D eigenvalue weighted by Crippen LogP contribution is 2.39. The number of hydrogen-bond donors (Lipinski definition) is 2. The van der Waals surface area contributed by atoms with Crippen LogP contribution in [0.25, 0.3) is 27.6 Å². The molecule has 1 fully saturated rings. The van der Waals surface area contributed by atoms with E-state index >= 15 is 0 Å². The maximum absolute atomic E-state index is 14.7. The molecule has 188 valence electrons. The molecule has 1 amide bonds. The Labute approximate surface area is 210 Å². The van der Waals surface area contributed by atoms with Gasteiger partial charge in [0.05, 0.1) is 11.1 Å². The van der Waals surface area contributed by atoms with Crippen molar-refractivity contribution in [2.75, 3.05) is 11.9 Å². The van der Waals surface area contributed by atoms with Crippen molar-refractivity contribution < 1.29 is 22.4 Å². The van der Waals surface area contributed by atoms with Crippen molar-refractivity contribution in [1.82, 2.24) is 30.0 Å². The Morgan fingerprint density at radius 2 is 2.11 bits per heavy atom. The van der Waals surface area contributed by atoms with Crippen LogP contribution >= 0.6 is 15.9 Å². The highest BCUT2D eigenvalue weighted by molar-refractivity contribution is 9.10. The van der Waals surface area contributed by atoms with Gasteiger partial charge in [-0.1, -0.05) is 13.0 Å². The monoisotopic (exact) mass is 565 g/mol. The minimum atomic E-state index is -4.47. The lowest BCUT2D eigenvalue weighted by Gasteiger charge is -2.23. The number of nitrogens with zero attached hydrogens (tertiary/aromatic N) is 5. The topological polar surface area (TPSA) is 97.6 Å².